The first-order valence-corrected chi connectivity index (χ1v) is 9.86. The molecule has 2 aromatic carbocycles. The Balaban J connectivity index is 1.69. The number of aryl methyl sites for hydroxylation is 1. The van der Waals surface area contributed by atoms with Crippen LogP contribution in [0.15, 0.2) is 54.6 Å². The molecule has 3 rings (SSSR count). The molecule has 30 heavy (non-hydrogen) atoms. The number of aromatic hydroxyl groups is 1. The molecule has 0 spiro atoms. The minimum Gasteiger partial charge on any atom is -0.508 e. The molecule has 0 fully saturated rings. The van der Waals surface area contributed by atoms with Crippen LogP contribution in [-0.4, -0.2) is 22.5 Å². The summed E-state index contributed by atoms with van der Waals surface area (Å²) in [5.41, 5.74) is 0.360. The summed E-state index contributed by atoms with van der Waals surface area (Å²) < 4.78 is 40.0. The number of hydrogen-bond donors (Lipinski definition) is 2. The predicted molar refractivity (Wildman–Crippen MR) is 108 cm³/mol. The molecule has 3 aromatic rings. The first-order valence-electron chi connectivity index (χ1n) is 9.04. The number of nitrogens with one attached hydrogen (secondary N) is 1. The molecule has 0 aliphatic rings. The second-order valence-corrected chi connectivity index (χ2v) is 7.34. The molecule has 1 aromatic heterocycles. The Kier molecular flexibility index (Phi) is 6.75. The van der Waals surface area contributed by atoms with Gasteiger partial charge in [-0.15, -0.1) is 0 Å². The molecule has 0 unspecified atom stereocenters. The van der Waals surface area contributed by atoms with Gasteiger partial charge in [0.2, 0.25) is 0 Å². The average molecular weight is 430 g/mol. The van der Waals surface area contributed by atoms with Gasteiger partial charge in [0.25, 0.3) is 5.91 Å². The van der Waals surface area contributed by atoms with Gasteiger partial charge < -0.3 is 10.4 Å². The number of hydrogen-bond acceptors (Lipinski definition) is 4. The Morgan fingerprint density at radius 2 is 1.77 bits per heavy atom. The van der Waals surface area contributed by atoms with Gasteiger partial charge in [0, 0.05) is 12.1 Å². The van der Waals surface area contributed by atoms with Crippen molar-refractivity contribution in [3.8, 4) is 17.6 Å². The smallest absolute Gasteiger partial charge is 0.435 e. The highest BCUT2D eigenvalue weighted by molar-refractivity contribution is 7.14. The van der Waals surface area contributed by atoms with Gasteiger partial charge in [0.15, 0.2) is 10.7 Å². The second kappa shape index (κ2) is 9.46. The molecule has 0 saturated heterocycles. The van der Waals surface area contributed by atoms with Gasteiger partial charge in [-0.1, -0.05) is 47.6 Å². The van der Waals surface area contributed by atoms with Gasteiger partial charge in [-0.25, -0.2) is 4.98 Å². The van der Waals surface area contributed by atoms with Crippen LogP contribution in [0.25, 0.3) is 0 Å². The topological polar surface area (TPSA) is 62.2 Å². The van der Waals surface area contributed by atoms with E-state index < -0.39 is 22.7 Å². The fourth-order valence-electron chi connectivity index (χ4n) is 2.61. The lowest BCUT2D eigenvalue weighted by molar-refractivity contribution is -0.141. The minimum atomic E-state index is -4.76. The number of nitrogens with zero attached hydrogens (tertiary/aromatic N) is 1. The number of halogens is 3. The van der Waals surface area contributed by atoms with E-state index in [2.05, 4.69) is 22.1 Å². The highest BCUT2D eigenvalue weighted by Crippen LogP contribution is 2.34. The van der Waals surface area contributed by atoms with E-state index >= 15 is 0 Å². The van der Waals surface area contributed by atoms with Crippen molar-refractivity contribution >= 4 is 17.2 Å². The lowest BCUT2D eigenvalue weighted by atomic mass is 10.1. The van der Waals surface area contributed by atoms with Crippen LogP contribution in [0.3, 0.4) is 0 Å². The summed E-state index contributed by atoms with van der Waals surface area (Å²) in [6.45, 7) is 0.247. The van der Waals surface area contributed by atoms with Crippen molar-refractivity contribution in [2.45, 2.75) is 19.0 Å². The quantitative estimate of drug-likeness (QED) is 0.458. The lowest BCUT2D eigenvalue weighted by Crippen LogP contribution is -2.26. The van der Waals surface area contributed by atoms with Crippen molar-refractivity contribution in [3.05, 3.63) is 81.3 Å². The maximum atomic E-state index is 13.3. The molecule has 8 heteroatoms. The highest BCUT2D eigenvalue weighted by Gasteiger charge is 2.39. The molecule has 0 bridgehead atoms. The first kappa shape index (κ1) is 21.4. The van der Waals surface area contributed by atoms with Crippen LogP contribution < -0.4 is 5.32 Å². The number of aromatic nitrogens is 1. The van der Waals surface area contributed by atoms with Crippen LogP contribution in [0.1, 0.15) is 37.9 Å². The number of benzene rings is 2. The molecule has 4 nitrogen and oxygen atoms in total. The zero-order valence-electron chi connectivity index (χ0n) is 15.7. The van der Waals surface area contributed by atoms with Gasteiger partial charge in [-0.2, -0.15) is 13.2 Å². The molecule has 2 N–H and O–H groups in total. The summed E-state index contributed by atoms with van der Waals surface area (Å²) in [5.74, 6) is 4.47. The molecule has 0 radical (unpaired) electrons. The Hall–Kier alpha value is -3.31. The van der Waals surface area contributed by atoms with Crippen molar-refractivity contribution in [2.24, 2.45) is 0 Å². The molecule has 154 valence electrons. The molecule has 0 saturated carbocycles. The minimum absolute atomic E-state index is 0.0559. The monoisotopic (exact) mass is 430 g/mol. The second-order valence-electron chi connectivity index (χ2n) is 6.34. The number of alkyl halides is 3. The summed E-state index contributed by atoms with van der Waals surface area (Å²) in [6, 6.07) is 15.5. The van der Waals surface area contributed by atoms with Crippen molar-refractivity contribution in [2.75, 3.05) is 6.54 Å². The maximum Gasteiger partial charge on any atom is 0.435 e. The van der Waals surface area contributed by atoms with Gasteiger partial charge in [0.05, 0.1) is 0 Å². The Morgan fingerprint density at radius 1 is 1.07 bits per heavy atom. The number of thiazole rings is 1. The lowest BCUT2D eigenvalue weighted by Gasteiger charge is -2.07. The first-order chi connectivity index (χ1) is 14.3. The molecular weight excluding hydrogens is 413 g/mol. The van der Waals surface area contributed by atoms with Crippen molar-refractivity contribution < 1.29 is 23.1 Å². The summed E-state index contributed by atoms with van der Waals surface area (Å²) in [4.78, 5) is 15.4. The van der Waals surface area contributed by atoms with E-state index in [0.29, 0.717) is 29.7 Å². The summed E-state index contributed by atoms with van der Waals surface area (Å²) in [7, 11) is 0. The summed E-state index contributed by atoms with van der Waals surface area (Å²) in [5, 5.41) is 11.7. The van der Waals surface area contributed by atoms with Gasteiger partial charge in [-0.3, -0.25) is 4.79 Å². The normalized spacial score (nSPS) is 10.9. The van der Waals surface area contributed by atoms with E-state index in [9.17, 15) is 23.1 Å². The summed E-state index contributed by atoms with van der Waals surface area (Å²) in [6.07, 6.45) is -3.45. The summed E-state index contributed by atoms with van der Waals surface area (Å²) >= 11 is 0.605. The number of carbonyl (C=O) groups is 1. The third kappa shape index (κ3) is 5.84. The number of amides is 1. The van der Waals surface area contributed by atoms with Crippen LogP contribution in [0.4, 0.5) is 13.2 Å². The number of carbonyl (C=O) groups excluding carboxylic acids is 1. The number of rotatable bonds is 5. The average Bonchev–Trinajstić information content (AvgIpc) is 3.16. The van der Waals surface area contributed by atoms with E-state index in [-0.39, 0.29) is 17.3 Å². The molecule has 1 heterocycles. The predicted octanol–water partition coefficient (Wildman–Crippen LogP) is 4.63. The van der Waals surface area contributed by atoms with Crippen LogP contribution in [0.5, 0.6) is 5.75 Å². The molecule has 0 atom stereocenters. The van der Waals surface area contributed by atoms with E-state index in [1.54, 1.807) is 0 Å². The van der Waals surface area contributed by atoms with Crippen molar-refractivity contribution in [3.63, 3.8) is 0 Å². The zero-order valence-corrected chi connectivity index (χ0v) is 16.5. The highest BCUT2D eigenvalue weighted by atomic mass is 32.1. The standard InChI is InChI=1S/C22H17F3N2O2S/c23-22(24,25)20-19(21(29)26-14-4-7-15-5-2-1-3-6-15)30-18(27-20)13-10-16-8-11-17(28)12-9-16/h1-3,5-6,8-9,11-12,28H,4,7,14H2,(H,26,29). The SMILES string of the molecule is O=C(NCCCc1ccccc1)c1sc(C#Cc2ccc(O)cc2)nc1C(F)(F)F. The number of phenols is 1. The van der Waals surface area contributed by atoms with E-state index in [1.807, 2.05) is 30.3 Å². The largest absolute Gasteiger partial charge is 0.508 e. The van der Waals surface area contributed by atoms with E-state index in [0.717, 1.165) is 5.56 Å². The Bertz CT molecular complexity index is 1070. The Morgan fingerprint density at radius 3 is 2.43 bits per heavy atom. The fourth-order valence-corrected chi connectivity index (χ4v) is 3.46. The van der Waals surface area contributed by atoms with Crippen LogP contribution >= 0.6 is 11.3 Å². The molecule has 0 aliphatic heterocycles. The molecule has 1 amide bonds. The molecule has 0 aliphatic carbocycles. The Labute approximate surface area is 175 Å². The van der Waals surface area contributed by atoms with E-state index in [1.165, 1.54) is 24.3 Å². The van der Waals surface area contributed by atoms with E-state index in [4.69, 9.17) is 0 Å². The number of phenolic OH excluding ortho intramolecular Hbond substituents is 1. The van der Waals surface area contributed by atoms with Gasteiger partial charge in [-0.05, 0) is 48.6 Å². The van der Waals surface area contributed by atoms with Crippen LogP contribution in [0, 0.1) is 11.8 Å². The van der Waals surface area contributed by atoms with Crippen LogP contribution in [0.2, 0.25) is 0 Å². The van der Waals surface area contributed by atoms with Gasteiger partial charge in [0.1, 0.15) is 10.6 Å². The third-order valence-corrected chi connectivity index (χ3v) is 5.02. The fraction of sp³-hybridized carbons (Fsp3) is 0.182. The molecular formula is C22H17F3N2O2S. The van der Waals surface area contributed by atoms with Crippen LogP contribution in [-0.2, 0) is 12.6 Å². The van der Waals surface area contributed by atoms with Crippen molar-refractivity contribution in [1.29, 1.82) is 0 Å². The third-order valence-electron chi connectivity index (χ3n) is 4.05. The maximum absolute atomic E-state index is 13.3. The van der Waals surface area contributed by atoms with Gasteiger partial charge >= 0.3 is 6.18 Å². The van der Waals surface area contributed by atoms with Crippen molar-refractivity contribution in [1.82, 2.24) is 10.3 Å². The zero-order chi connectivity index (χ0) is 21.6.